The molecule has 0 saturated carbocycles. The number of carbonyl (C=O) groups excluding carboxylic acids is 3. The van der Waals surface area contributed by atoms with Crippen LogP contribution in [0.4, 0.5) is 4.79 Å². The summed E-state index contributed by atoms with van der Waals surface area (Å²) in [5.74, 6) is -0.347. The van der Waals surface area contributed by atoms with Crippen LogP contribution in [0.1, 0.15) is 240 Å². The fraction of sp³-hybridized carbons (Fsp3) is 0.824. The number of alkyl carbamates (subject to hydrolysis) is 1. The molecule has 59 heavy (non-hydrogen) atoms. The number of allylic oxidation sites excluding steroid dienone is 4. The predicted molar refractivity (Wildman–Crippen MR) is 248 cm³/mol. The van der Waals surface area contributed by atoms with Gasteiger partial charge in [-0.05, 0) is 83.6 Å². The number of amides is 1. The fourth-order valence-corrected chi connectivity index (χ4v) is 6.88. The van der Waals surface area contributed by atoms with Crippen LogP contribution in [-0.2, 0) is 23.8 Å². The third kappa shape index (κ3) is 48.8. The molecule has 1 amide bonds. The maximum atomic E-state index is 12.7. The van der Waals surface area contributed by atoms with Crippen molar-refractivity contribution >= 4 is 18.0 Å². The molecule has 0 aromatic carbocycles. The topological polar surface area (TPSA) is 90.9 Å². The summed E-state index contributed by atoms with van der Waals surface area (Å²) in [4.78, 5) is 37.4. The Hall–Kier alpha value is -1.71. The molecule has 0 aliphatic heterocycles. The van der Waals surface area contributed by atoms with E-state index in [2.05, 4.69) is 64.2 Å². The molecule has 0 aliphatic rings. The summed E-state index contributed by atoms with van der Waals surface area (Å²) < 4.78 is 17.1. The quantitative estimate of drug-likeness (QED) is 0.0165. The van der Waals surface area contributed by atoms with Crippen LogP contribution in [0.3, 0.4) is 0 Å². The summed E-state index contributed by atoms with van der Waals surface area (Å²) in [5.41, 5.74) is 0. The molecule has 342 valence electrons. The largest absolute Gasteiger partial charge is 1.00 e. The van der Waals surface area contributed by atoms with Crippen LogP contribution in [0.2, 0.25) is 0 Å². The SMILES string of the molecule is [CH2-]C.[CH2-]CCNC(=O)OCC(CCCCCCCC/C=C\C/C=C\CCCCC)COC(=O)CCCCCC(=O)OC(CCCCCCCC)CCCCCCCC.[Li+]. The Kier molecular flexibility index (Phi) is 54.7. The van der Waals surface area contributed by atoms with E-state index in [0.29, 0.717) is 32.2 Å². The Morgan fingerprint density at radius 1 is 0.525 bits per heavy atom. The van der Waals surface area contributed by atoms with Gasteiger partial charge >= 0.3 is 36.9 Å². The van der Waals surface area contributed by atoms with Crippen LogP contribution < -0.4 is 24.2 Å². The van der Waals surface area contributed by atoms with Crippen LogP contribution in [-0.4, -0.2) is 43.9 Å². The van der Waals surface area contributed by atoms with E-state index in [1.165, 1.54) is 116 Å². The number of ether oxygens (including phenoxy) is 3. The van der Waals surface area contributed by atoms with Crippen molar-refractivity contribution in [3.05, 3.63) is 38.2 Å². The van der Waals surface area contributed by atoms with Crippen molar-refractivity contribution in [1.82, 2.24) is 5.32 Å². The maximum Gasteiger partial charge on any atom is 1.00 e. The zero-order valence-corrected chi connectivity index (χ0v) is 39.8. The normalized spacial score (nSPS) is 11.6. The average molecular weight is 825 g/mol. The second kappa shape index (κ2) is 52.4. The Bertz CT molecular complexity index is 925. The van der Waals surface area contributed by atoms with Gasteiger partial charge in [-0.3, -0.25) is 9.59 Å². The van der Waals surface area contributed by atoms with Gasteiger partial charge in [-0.2, -0.15) is 13.3 Å². The van der Waals surface area contributed by atoms with E-state index >= 15 is 0 Å². The zero-order valence-electron chi connectivity index (χ0n) is 39.8. The molecular weight excluding hydrogens is 730 g/mol. The van der Waals surface area contributed by atoms with Crippen molar-refractivity contribution < 1.29 is 47.5 Å². The molecule has 0 heterocycles. The zero-order chi connectivity index (χ0) is 43.0. The predicted octanol–water partition coefficient (Wildman–Crippen LogP) is 12.5. The standard InChI is InChI=1S/C49H90NO6.C2H5.Li/c1-5-9-12-15-18-19-20-21-22-23-24-25-26-27-28-32-37-45(44-55-49(53)50-42-8-4)43-54-47(51)40-35-31-36-41-48(52)56-46(38-33-29-16-13-10-6-2)39-34-30-17-14-11-7-3;1-2;/h18-19,21-22,45-46H,4-17,20,23-44H2,1-3H3,(H,50,53);1H2,2H3;/q2*-1;+1/b19-18-,22-21-;;. The van der Waals surface area contributed by atoms with Gasteiger partial charge in [0, 0.05) is 18.8 Å². The van der Waals surface area contributed by atoms with Gasteiger partial charge in [-0.25, -0.2) is 4.79 Å². The van der Waals surface area contributed by atoms with Gasteiger partial charge in [0.1, 0.15) is 6.10 Å². The van der Waals surface area contributed by atoms with Crippen molar-refractivity contribution in [2.45, 2.75) is 246 Å². The summed E-state index contributed by atoms with van der Waals surface area (Å²) >= 11 is 0. The van der Waals surface area contributed by atoms with E-state index in [1.807, 2.05) is 0 Å². The molecule has 0 aromatic rings. The first-order valence-corrected chi connectivity index (χ1v) is 24.5. The molecule has 0 spiro atoms. The van der Waals surface area contributed by atoms with E-state index < -0.39 is 6.09 Å². The van der Waals surface area contributed by atoms with E-state index in [4.69, 9.17) is 14.2 Å². The van der Waals surface area contributed by atoms with Gasteiger partial charge in [0.25, 0.3) is 0 Å². The third-order valence-corrected chi connectivity index (χ3v) is 10.5. The van der Waals surface area contributed by atoms with Gasteiger partial charge < -0.3 is 33.4 Å². The molecule has 1 atom stereocenters. The first-order valence-electron chi connectivity index (χ1n) is 24.5. The van der Waals surface area contributed by atoms with E-state index in [1.54, 1.807) is 6.92 Å². The van der Waals surface area contributed by atoms with Crippen molar-refractivity contribution in [2.75, 3.05) is 19.8 Å². The molecule has 7 nitrogen and oxygen atoms in total. The number of carbonyl (C=O) groups is 3. The van der Waals surface area contributed by atoms with Crippen molar-refractivity contribution in [1.29, 1.82) is 0 Å². The van der Waals surface area contributed by atoms with Gasteiger partial charge in [-0.15, -0.1) is 0 Å². The van der Waals surface area contributed by atoms with Crippen LogP contribution in [0.5, 0.6) is 0 Å². The first kappa shape index (κ1) is 61.6. The minimum absolute atomic E-state index is 0. The number of hydrogen-bond acceptors (Lipinski definition) is 6. The molecule has 0 radical (unpaired) electrons. The van der Waals surface area contributed by atoms with Crippen molar-refractivity contribution in [3.8, 4) is 0 Å². The van der Waals surface area contributed by atoms with Gasteiger partial charge in [0.2, 0.25) is 0 Å². The van der Waals surface area contributed by atoms with Crippen LogP contribution in [0.15, 0.2) is 24.3 Å². The molecule has 1 N–H and O–H groups in total. The van der Waals surface area contributed by atoms with Crippen LogP contribution in [0, 0.1) is 19.8 Å². The smallest absolute Gasteiger partial charge is 0.465 e. The second-order valence-electron chi connectivity index (χ2n) is 16.1. The first-order chi connectivity index (χ1) is 28.5. The summed E-state index contributed by atoms with van der Waals surface area (Å²) in [6.07, 6.45) is 44.4. The second-order valence-corrected chi connectivity index (χ2v) is 16.1. The number of nitrogens with one attached hydrogen (secondary N) is 1. The average Bonchev–Trinajstić information content (AvgIpc) is 3.23. The van der Waals surface area contributed by atoms with Gasteiger partial charge in [-0.1, -0.05) is 161 Å². The van der Waals surface area contributed by atoms with E-state index in [-0.39, 0.29) is 56.0 Å². The van der Waals surface area contributed by atoms with Gasteiger partial charge in [0.15, 0.2) is 0 Å². The number of esters is 2. The summed E-state index contributed by atoms with van der Waals surface area (Å²) in [6, 6.07) is 0. The van der Waals surface area contributed by atoms with Crippen LogP contribution in [0.25, 0.3) is 0 Å². The molecule has 0 fully saturated rings. The molecule has 1 unspecified atom stereocenters. The molecular formula is C51H95LiNO6-. The Balaban J connectivity index is -0.0000103. The van der Waals surface area contributed by atoms with Crippen LogP contribution >= 0.6 is 0 Å². The molecule has 0 aliphatic carbocycles. The Labute approximate surface area is 378 Å². The monoisotopic (exact) mass is 825 g/mol. The minimum Gasteiger partial charge on any atom is -0.465 e. The molecule has 8 heteroatoms. The summed E-state index contributed by atoms with van der Waals surface area (Å²) in [7, 11) is 0. The summed E-state index contributed by atoms with van der Waals surface area (Å²) in [6.45, 7) is 16.4. The van der Waals surface area contributed by atoms with E-state index in [0.717, 1.165) is 70.6 Å². The molecule has 0 rings (SSSR count). The molecule has 0 bridgehead atoms. The number of hydrogen-bond donors (Lipinski definition) is 1. The van der Waals surface area contributed by atoms with Crippen molar-refractivity contribution in [2.24, 2.45) is 5.92 Å². The molecule has 0 saturated heterocycles. The number of rotatable bonds is 42. The fourth-order valence-electron chi connectivity index (χ4n) is 6.88. The minimum atomic E-state index is -0.448. The Morgan fingerprint density at radius 2 is 0.949 bits per heavy atom. The maximum absolute atomic E-state index is 12.7. The third-order valence-electron chi connectivity index (χ3n) is 10.5. The Morgan fingerprint density at radius 3 is 1.49 bits per heavy atom. The number of unbranched alkanes of at least 4 members (excludes halogenated alkanes) is 21. The van der Waals surface area contributed by atoms with Crippen molar-refractivity contribution in [3.63, 3.8) is 0 Å². The van der Waals surface area contributed by atoms with Gasteiger partial charge in [0.05, 0.1) is 13.2 Å². The van der Waals surface area contributed by atoms with E-state index in [9.17, 15) is 14.4 Å². The molecule has 0 aromatic heterocycles. The summed E-state index contributed by atoms with van der Waals surface area (Å²) in [5, 5.41) is 2.70.